The van der Waals surface area contributed by atoms with Gasteiger partial charge in [0.2, 0.25) is 0 Å². The smallest absolute Gasteiger partial charge is 0.0342 e. The van der Waals surface area contributed by atoms with E-state index in [1.807, 2.05) is 11.3 Å². The van der Waals surface area contributed by atoms with E-state index in [0.717, 1.165) is 18.8 Å². The fourth-order valence-corrected chi connectivity index (χ4v) is 4.10. The van der Waals surface area contributed by atoms with Crippen LogP contribution in [0.4, 0.5) is 0 Å². The predicted molar refractivity (Wildman–Crippen MR) is 75.4 cm³/mol. The molecule has 0 radical (unpaired) electrons. The zero-order chi connectivity index (χ0) is 11.4. The number of likely N-dealkylation sites (tertiary alicyclic amines) is 1. The number of halogens is 2. The molecule has 0 bridgehead atoms. The highest BCUT2D eigenvalue weighted by atomic mass is 79.9. The van der Waals surface area contributed by atoms with E-state index in [2.05, 4.69) is 32.3 Å². The van der Waals surface area contributed by atoms with Crippen LogP contribution in [0.1, 0.15) is 30.6 Å². The lowest BCUT2D eigenvalue weighted by Crippen LogP contribution is -2.39. The van der Waals surface area contributed by atoms with Crippen molar-refractivity contribution in [2.24, 2.45) is 0 Å². The predicted octanol–water partition coefficient (Wildman–Crippen LogP) is 4.49. The molecule has 0 spiro atoms. The van der Waals surface area contributed by atoms with Crippen LogP contribution in [0.3, 0.4) is 0 Å². The Morgan fingerprint density at radius 2 is 2.38 bits per heavy atom. The molecule has 1 aromatic heterocycles. The highest BCUT2D eigenvalue weighted by molar-refractivity contribution is 9.10. The van der Waals surface area contributed by atoms with E-state index < -0.39 is 0 Å². The molecule has 1 fully saturated rings. The molecule has 0 N–H and O–H groups in total. The first-order chi connectivity index (χ1) is 7.81. The maximum atomic E-state index is 5.88. The maximum Gasteiger partial charge on any atom is 0.0342 e. The zero-order valence-electron chi connectivity index (χ0n) is 9.29. The van der Waals surface area contributed by atoms with Gasteiger partial charge in [0.1, 0.15) is 0 Å². The van der Waals surface area contributed by atoms with E-state index in [1.54, 1.807) is 0 Å². The van der Waals surface area contributed by atoms with Gasteiger partial charge in [0.05, 0.1) is 0 Å². The van der Waals surface area contributed by atoms with Crippen molar-refractivity contribution < 1.29 is 0 Å². The minimum atomic E-state index is 0.695. The van der Waals surface area contributed by atoms with Crippen LogP contribution in [0.15, 0.2) is 15.9 Å². The lowest BCUT2D eigenvalue weighted by Gasteiger charge is -2.35. The average Bonchev–Trinajstić information content (AvgIpc) is 2.68. The summed E-state index contributed by atoms with van der Waals surface area (Å²) >= 11 is 11.3. The van der Waals surface area contributed by atoms with Crippen LogP contribution in [-0.2, 0) is 6.54 Å². The Labute approximate surface area is 115 Å². The second-order valence-corrected chi connectivity index (χ2v) is 6.52. The van der Waals surface area contributed by atoms with Gasteiger partial charge in [-0.15, -0.1) is 22.9 Å². The molecule has 1 aliphatic heterocycles. The second kappa shape index (κ2) is 6.39. The van der Waals surface area contributed by atoms with Crippen LogP contribution < -0.4 is 0 Å². The van der Waals surface area contributed by atoms with Crippen LogP contribution in [-0.4, -0.2) is 23.4 Å². The van der Waals surface area contributed by atoms with E-state index in [-0.39, 0.29) is 0 Å². The Morgan fingerprint density at radius 3 is 3.06 bits per heavy atom. The first kappa shape index (κ1) is 12.9. The van der Waals surface area contributed by atoms with E-state index in [1.165, 1.54) is 35.2 Å². The van der Waals surface area contributed by atoms with Crippen LogP contribution in [0.25, 0.3) is 0 Å². The first-order valence-corrected chi connectivity index (χ1v) is 8.04. The highest BCUT2D eigenvalue weighted by Gasteiger charge is 2.22. The number of rotatable bonds is 4. The average molecular weight is 323 g/mol. The van der Waals surface area contributed by atoms with Crippen molar-refractivity contribution >= 4 is 38.9 Å². The quantitative estimate of drug-likeness (QED) is 0.738. The molecule has 1 unspecified atom stereocenters. The summed E-state index contributed by atoms with van der Waals surface area (Å²) in [7, 11) is 0. The van der Waals surface area contributed by atoms with E-state index in [4.69, 9.17) is 11.6 Å². The summed E-state index contributed by atoms with van der Waals surface area (Å²) in [6, 6.07) is 2.83. The molecule has 0 aliphatic carbocycles. The minimum Gasteiger partial charge on any atom is -0.295 e. The van der Waals surface area contributed by atoms with Crippen molar-refractivity contribution in [3.8, 4) is 0 Å². The van der Waals surface area contributed by atoms with Crippen molar-refractivity contribution in [1.29, 1.82) is 0 Å². The lowest BCUT2D eigenvalue weighted by atomic mass is 10.00. The molecule has 0 saturated carbocycles. The van der Waals surface area contributed by atoms with Gasteiger partial charge in [-0.2, -0.15) is 0 Å². The highest BCUT2D eigenvalue weighted by Crippen LogP contribution is 2.28. The molecule has 1 nitrogen and oxygen atoms in total. The molecule has 2 heterocycles. The Morgan fingerprint density at radius 1 is 1.50 bits per heavy atom. The lowest BCUT2D eigenvalue weighted by molar-refractivity contribution is 0.138. The van der Waals surface area contributed by atoms with E-state index >= 15 is 0 Å². The van der Waals surface area contributed by atoms with E-state index in [0.29, 0.717) is 6.04 Å². The van der Waals surface area contributed by atoms with Crippen molar-refractivity contribution in [3.05, 3.63) is 20.8 Å². The Kier molecular flexibility index (Phi) is 5.14. The summed E-state index contributed by atoms with van der Waals surface area (Å²) < 4.78 is 1.26. The first-order valence-electron chi connectivity index (χ1n) is 5.83. The van der Waals surface area contributed by atoms with Gasteiger partial charge in [-0.05, 0) is 53.2 Å². The minimum absolute atomic E-state index is 0.695. The summed E-state index contributed by atoms with van der Waals surface area (Å²) in [5, 5.41) is 2.15. The van der Waals surface area contributed by atoms with Gasteiger partial charge in [0.15, 0.2) is 0 Å². The number of nitrogens with zero attached hydrogens (tertiary/aromatic N) is 1. The molecule has 1 aromatic rings. The molecular formula is C12H17BrClNS. The monoisotopic (exact) mass is 321 g/mol. The standard InChI is InChI=1S/C12H17BrClNS/c13-11-5-8-16-12(11)9-15-7-2-1-3-10(15)4-6-14/h5,8,10H,1-4,6-7,9H2. The maximum absolute atomic E-state index is 5.88. The molecule has 16 heavy (non-hydrogen) atoms. The van der Waals surface area contributed by atoms with Crippen LogP contribution in [0.2, 0.25) is 0 Å². The Bertz CT molecular complexity index is 327. The van der Waals surface area contributed by atoms with Gasteiger partial charge in [0, 0.05) is 27.8 Å². The number of alkyl halides is 1. The Balaban J connectivity index is 1.98. The van der Waals surface area contributed by atoms with Gasteiger partial charge in [0.25, 0.3) is 0 Å². The normalized spacial score (nSPS) is 22.5. The molecule has 1 atom stereocenters. The number of hydrogen-bond donors (Lipinski definition) is 0. The van der Waals surface area contributed by atoms with Gasteiger partial charge >= 0.3 is 0 Å². The molecule has 1 saturated heterocycles. The van der Waals surface area contributed by atoms with Crippen LogP contribution >= 0.6 is 38.9 Å². The summed E-state index contributed by atoms with van der Waals surface area (Å²) in [4.78, 5) is 4.05. The summed E-state index contributed by atoms with van der Waals surface area (Å²) in [6.45, 7) is 2.31. The third kappa shape index (κ3) is 3.22. The van der Waals surface area contributed by atoms with Crippen molar-refractivity contribution in [2.75, 3.05) is 12.4 Å². The van der Waals surface area contributed by atoms with Crippen LogP contribution in [0, 0.1) is 0 Å². The fraction of sp³-hybridized carbons (Fsp3) is 0.667. The molecule has 4 heteroatoms. The number of hydrogen-bond acceptors (Lipinski definition) is 2. The van der Waals surface area contributed by atoms with Gasteiger partial charge < -0.3 is 0 Å². The largest absolute Gasteiger partial charge is 0.295 e. The molecule has 90 valence electrons. The Hall–Kier alpha value is 0.430. The topological polar surface area (TPSA) is 3.24 Å². The van der Waals surface area contributed by atoms with Gasteiger partial charge in [-0.1, -0.05) is 6.42 Å². The fourth-order valence-electron chi connectivity index (χ4n) is 2.34. The SMILES string of the molecule is ClCCC1CCCCN1Cc1sccc1Br. The third-order valence-corrected chi connectivity index (χ3v) is 5.36. The molecule has 0 aromatic carbocycles. The van der Waals surface area contributed by atoms with Crippen LogP contribution in [0.5, 0.6) is 0 Å². The molecule has 0 amide bonds. The van der Waals surface area contributed by atoms with Crippen molar-refractivity contribution in [2.45, 2.75) is 38.3 Å². The summed E-state index contributed by atoms with van der Waals surface area (Å²) in [5.74, 6) is 0.785. The molecule has 1 aliphatic rings. The van der Waals surface area contributed by atoms with Crippen molar-refractivity contribution in [3.63, 3.8) is 0 Å². The van der Waals surface area contributed by atoms with Gasteiger partial charge in [-0.25, -0.2) is 0 Å². The molecule has 2 rings (SSSR count). The third-order valence-electron chi connectivity index (χ3n) is 3.23. The van der Waals surface area contributed by atoms with Gasteiger partial charge in [-0.3, -0.25) is 4.90 Å². The number of thiophene rings is 1. The summed E-state index contributed by atoms with van der Waals surface area (Å²) in [6.07, 6.45) is 5.14. The second-order valence-electron chi connectivity index (χ2n) is 4.29. The summed E-state index contributed by atoms with van der Waals surface area (Å²) in [5.41, 5.74) is 0. The van der Waals surface area contributed by atoms with Crippen molar-refractivity contribution in [1.82, 2.24) is 4.90 Å². The number of piperidine rings is 1. The molecular weight excluding hydrogens is 306 g/mol. The zero-order valence-corrected chi connectivity index (χ0v) is 12.5. The van der Waals surface area contributed by atoms with E-state index in [9.17, 15) is 0 Å².